The average Bonchev–Trinajstić information content (AvgIpc) is 2.68. The van der Waals surface area contributed by atoms with Gasteiger partial charge in [0.25, 0.3) is 0 Å². The van der Waals surface area contributed by atoms with Crippen LogP contribution < -0.4 is 9.80 Å². The lowest BCUT2D eigenvalue weighted by atomic mass is 10.1. The highest BCUT2D eigenvalue weighted by Crippen LogP contribution is 2.29. The van der Waals surface area contributed by atoms with Crippen LogP contribution >= 0.6 is 0 Å². The second-order valence-electron chi connectivity index (χ2n) is 7.19. The number of quaternary nitrogens is 1. The molecule has 0 amide bonds. The van der Waals surface area contributed by atoms with Crippen molar-refractivity contribution < 1.29 is 14.8 Å². The molecule has 1 saturated heterocycles. The Bertz CT molecular complexity index is 964. The maximum absolute atomic E-state index is 11.6. The van der Waals surface area contributed by atoms with Crippen molar-refractivity contribution >= 4 is 22.6 Å². The third-order valence-corrected chi connectivity index (χ3v) is 5.28. The molecule has 4 rings (SSSR count). The minimum atomic E-state index is -0.929. The lowest BCUT2D eigenvalue weighted by molar-refractivity contribution is -0.914. The van der Waals surface area contributed by atoms with Crippen molar-refractivity contribution in [2.24, 2.45) is 0 Å². The summed E-state index contributed by atoms with van der Waals surface area (Å²) in [6, 6.07) is 18.1. The zero-order chi connectivity index (χ0) is 18.8. The molecular formula is C22H24N3O2+. The highest BCUT2D eigenvalue weighted by Gasteiger charge is 2.23. The summed E-state index contributed by atoms with van der Waals surface area (Å²) in [7, 11) is 0. The van der Waals surface area contributed by atoms with Crippen LogP contribution in [0.3, 0.4) is 0 Å². The number of carbonyl (C=O) groups is 1. The van der Waals surface area contributed by atoms with Crippen LogP contribution in [-0.2, 0) is 6.54 Å². The zero-order valence-corrected chi connectivity index (χ0v) is 15.5. The second kappa shape index (κ2) is 7.37. The molecule has 0 unspecified atom stereocenters. The van der Waals surface area contributed by atoms with Crippen LogP contribution in [0.1, 0.15) is 21.6 Å². The number of hydrogen-bond donors (Lipinski definition) is 2. The Balaban J connectivity index is 1.57. The number of aromatic nitrogens is 1. The number of carboxylic acid groups (broad SMARTS) is 1. The summed E-state index contributed by atoms with van der Waals surface area (Å²) in [5, 5.41) is 10.4. The van der Waals surface area contributed by atoms with E-state index in [0.29, 0.717) is 5.52 Å². The number of fused-ring (bicyclic) bond motifs is 1. The summed E-state index contributed by atoms with van der Waals surface area (Å²) in [5.74, 6) is -0.929. The van der Waals surface area contributed by atoms with Gasteiger partial charge in [0.15, 0.2) is 0 Å². The first-order chi connectivity index (χ1) is 13.1. The summed E-state index contributed by atoms with van der Waals surface area (Å²) < 4.78 is 0. The third-order valence-electron chi connectivity index (χ3n) is 5.28. The second-order valence-corrected chi connectivity index (χ2v) is 7.19. The van der Waals surface area contributed by atoms with E-state index in [1.807, 2.05) is 19.1 Å². The maximum Gasteiger partial charge on any atom is 0.337 e. The summed E-state index contributed by atoms with van der Waals surface area (Å²) in [5.41, 5.74) is 4.17. The Morgan fingerprint density at radius 3 is 2.56 bits per heavy atom. The van der Waals surface area contributed by atoms with E-state index in [4.69, 9.17) is 0 Å². The van der Waals surface area contributed by atoms with Crippen molar-refractivity contribution in [2.75, 3.05) is 31.1 Å². The average molecular weight is 362 g/mol. The number of rotatable bonds is 4. The predicted octanol–water partition coefficient (Wildman–Crippen LogP) is 2.15. The van der Waals surface area contributed by atoms with Crippen molar-refractivity contribution in [1.29, 1.82) is 0 Å². The van der Waals surface area contributed by atoms with Gasteiger partial charge in [-0.25, -0.2) is 4.79 Å². The van der Waals surface area contributed by atoms with E-state index in [2.05, 4.69) is 46.3 Å². The van der Waals surface area contributed by atoms with Gasteiger partial charge < -0.3 is 14.9 Å². The number of benzene rings is 2. The van der Waals surface area contributed by atoms with Crippen LogP contribution in [0.2, 0.25) is 0 Å². The number of nitrogens with one attached hydrogen (secondary N) is 1. The van der Waals surface area contributed by atoms with Crippen molar-refractivity contribution in [3.8, 4) is 0 Å². The Hall–Kier alpha value is -2.92. The lowest BCUT2D eigenvalue weighted by Crippen LogP contribution is -3.13. The molecule has 5 nitrogen and oxygen atoms in total. The molecule has 0 bridgehead atoms. The van der Waals surface area contributed by atoms with E-state index < -0.39 is 5.97 Å². The van der Waals surface area contributed by atoms with Crippen LogP contribution in [0.25, 0.3) is 10.9 Å². The molecule has 1 aromatic heterocycles. The summed E-state index contributed by atoms with van der Waals surface area (Å²) >= 11 is 0. The molecule has 3 aromatic rings. The molecule has 27 heavy (non-hydrogen) atoms. The largest absolute Gasteiger partial charge is 0.478 e. The first kappa shape index (κ1) is 17.5. The van der Waals surface area contributed by atoms with Gasteiger partial charge >= 0.3 is 5.97 Å². The van der Waals surface area contributed by atoms with Crippen molar-refractivity contribution in [3.05, 3.63) is 71.4 Å². The molecule has 5 heteroatoms. The van der Waals surface area contributed by atoms with Crippen molar-refractivity contribution in [3.63, 3.8) is 0 Å². The van der Waals surface area contributed by atoms with E-state index in [1.165, 1.54) is 5.56 Å². The van der Waals surface area contributed by atoms with Gasteiger partial charge in [0.05, 0.1) is 37.3 Å². The molecule has 0 saturated carbocycles. The third kappa shape index (κ3) is 3.64. The van der Waals surface area contributed by atoms with Gasteiger partial charge in [0.2, 0.25) is 0 Å². The fourth-order valence-corrected chi connectivity index (χ4v) is 3.91. The molecular weight excluding hydrogens is 338 g/mol. The van der Waals surface area contributed by atoms with Gasteiger partial charge in [-0.2, -0.15) is 0 Å². The molecule has 0 spiro atoms. The van der Waals surface area contributed by atoms with E-state index in [9.17, 15) is 9.90 Å². The monoisotopic (exact) mass is 362 g/mol. The SMILES string of the molecule is Cc1cc(N2CC[NH+](Cc3ccccc3)CC2)c2cccc(C(=O)O)c2n1. The fourth-order valence-electron chi connectivity index (χ4n) is 3.91. The molecule has 2 N–H and O–H groups in total. The summed E-state index contributed by atoms with van der Waals surface area (Å²) in [6.07, 6.45) is 0. The lowest BCUT2D eigenvalue weighted by Gasteiger charge is -2.34. The minimum absolute atomic E-state index is 0.269. The Labute approximate surface area is 158 Å². The van der Waals surface area contributed by atoms with E-state index >= 15 is 0 Å². The molecule has 0 aliphatic carbocycles. The highest BCUT2D eigenvalue weighted by atomic mass is 16.4. The Kier molecular flexibility index (Phi) is 4.77. The number of piperazine rings is 1. The van der Waals surface area contributed by atoms with Gasteiger partial charge in [0.1, 0.15) is 6.54 Å². The summed E-state index contributed by atoms with van der Waals surface area (Å²) in [4.78, 5) is 20.0. The standard InChI is InChI=1S/C22H23N3O2/c1-16-14-20(18-8-5-9-19(22(26)27)21(18)23-16)25-12-10-24(11-13-25)15-17-6-3-2-4-7-17/h2-9,14H,10-13,15H2,1H3,(H,26,27)/p+1. The molecule has 1 aliphatic heterocycles. The smallest absolute Gasteiger partial charge is 0.337 e. The number of aryl methyl sites for hydroxylation is 1. The first-order valence-corrected chi connectivity index (χ1v) is 9.38. The number of pyridine rings is 1. The van der Waals surface area contributed by atoms with E-state index in [-0.39, 0.29) is 5.56 Å². The highest BCUT2D eigenvalue weighted by molar-refractivity contribution is 6.05. The Morgan fingerprint density at radius 2 is 1.85 bits per heavy atom. The fraction of sp³-hybridized carbons (Fsp3) is 0.273. The van der Waals surface area contributed by atoms with Gasteiger partial charge in [-0.3, -0.25) is 4.98 Å². The van der Waals surface area contributed by atoms with Crippen LogP contribution in [0.15, 0.2) is 54.6 Å². The van der Waals surface area contributed by atoms with E-state index in [0.717, 1.165) is 49.5 Å². The molecule has 1 fully saturated rings. The Morgan fingerprint density at radius 1 is 1.11 bits per heavy atom. The molecule has 1 aliphatic rings. The normalized spacial score (nSPS) is 15.2. The van der Waals surface area contributed by atoms with Crippen LogP contribution in [0.4, 0.5) is 5.69 Å². The molecule has 2 heterocycles. The molecule has 138 valence electrons. The summed E-state index contributed by atoms with van der Waals surface area (Å²) in [6.45, 7) is 7.02. The van der Waals surface area contributed by atoms with Crippen LogP contribution in [0, 0.1) is 6.92 Å². The molecule has 0 radical (unpaired) electrons. The number of hydrogen-bond acceptors (Lipinski definition) is 3. The number of nitrogens with zero attached hydrogens (tertiary/aromatic N) is 2. The van der Waals surface area contributed by atoms with Crippen LogP contribution in [0.5, 0.6) is 0 Å². The van der Waals surface area contributed by atoms with Crippen LogP contribution in [-0.4, -0.2) is 42.2 Å². The maximum atomic E-state index is 11.6. The number of anilines is 1. The first-order valence-electron chi connectivity index (χ1n) is 9.38. The van der Waals surface area contributed by atoms with E-state index in [1.54, 1.807) is 11.0 Å². The van der Waals surface area contributed by atoms with Gasteiger partial charge in [-0.1, -0.05) is 42.5 Å². The number of aromatic carboxylic acids is 1. The predicted molar refractivity (Wildman–Crippen MR) is 106 cm³/mol. The van der Waals surface area contributed by atoms with Crippen molar-refractivity contribution in [1.82, 2.24) is 4.98 Å². The number of para-hydroxylation sites is 1. The van der Waals surface area contributed by atoms with Gasteiger partial charge in [-0.15, -0.1) is 0 Å². The number of carboxylic acids is 1. The topological polar surface area (TPSA) is 57.9 Å². The minimum Gasteiger partial charge on any atom is -0.478 e. The molecule has 2 aromatic carbocycles. The van der Waals surface area contributed by atoms with Crippen molar-refractivity contribution in [2.45, 2.75) is 13.5 Å². The quantitative estimate of drug-likeness (QED) is 0.747. The van der Waals surface area contributed by atoms with Gasteiger partial charge in [-0.05, 0) is 19.1 Å². The molecule has 0 atom stereocenters. The zero-order valence-electron chi connectivity index (χ0n) is 15.5. The van der Waals surface area contributed by atoms with Gasteiger partial charge in [0, 0.05) is 22.3 Å².